The number of aromatic nitrogens is 1. The van der Waals surface area contributed by atoms with Crippen molar-refractivity contribution in [3.05, 3.63) is 60.7 Å². The smallest absolute Gasteiger partial charge is 0.137 e. The van der Waals surface area contributed by atoms with Crippen molar-refractivity contribution < 1.29 is 4.74 Å². The van der Waals surface area contributed by atoms with Crippen LogP contribution >= 0.6 is 0 Å². The van der Waals surface area contributed by atoms with E-state index in [2.05, 4.69) is 59.5 Å². The maximum atomic E-state index is 5.48. The number of pyridine rings is 1. The number of hydrogen-bond acceptors (Lipinski definition) is 3. The van der Waals surface area contributed by atoms with Gasteiger partial charge in [-0.15, -0.1) is 0 Å². The quantitative estimate of drug-likeness (QED) is 0.719. The highest BCUT2D eigenvalue weighted by molar-refractivity contribution is 5.95. The zero-order valence-electron chi connectivity index (χ0n) is 12.4. The van der Waals surface area contributed by atoms with Gasteiger partial charge in [0.15, 0.2) is 0 Å². The first-order valence-corrected chi connectivity index (χ1v) is 7.70. The molecule has 0 radical (unpaired) electrons. The molecule has 3 nitrogen and oxygen atoms in total. The summed E-state index contributed by atoms with van der Waals surface area (Å²) in [5.74, 6) is 1.07. The summed E-state index contributed by atoms with van der Waals surface area (Å²) in [6.07, 6.45) is 0. The average Bonchev–Trinajstić information content (AvgIpc) is 2.62. The lowest BCUT2D eigenvalue weighted by atomic mass is 10.1. The molecular formula is C19H18N2O. The SMILES string of the molecule is c1ccc(-c2cc3ccccc3c(N3CCOCC3)n2)cc1. The average molecular weight is 290 g/mol. The van der Waals surface area contributed by atoms with Gasteiger partial charge in [-0.3, -0.25) is 0 Å². The highest BCUT2D eigenvalue weighted by Crippen LogP contribution is 2.30. The fourth-order valence-electron chi connectivity index (χ4n) is 2.95. The molecule has 22 heavy (non-hydrogen) atoms. The van der Waals surface area contributed by atoms with E-state index in [0.29, 0.717) is 0 Å². The van der Waals surface area contributed by atoms with Crippen LogP contribution in [0, 0.1) is 0 Å². The van der Waals surface area contributed by atoms with E-state index in [4.69, 9.17) is 9.72 Å². The molecule has 0 amide bonds. The molecule has 0 bridgehead atoms. The van der Waals surface area contributed by atoms with Gasteiger partial charge in [-0.2, -0.15) is 0 Å². The van der Waals surface area contributed by atoms with Crippen molar-refractivity contribution in [2.45, 2.75) is 0 Å². The van der Waals surface area contributed by atoms with Crippen molar-refractivity contribution in [3.63, 3.8) is 0 Å². The molecule has 0 saturated carbocycles. The van der Waals surface area contributed by atoms with Gasteiger partial charge in [-0.1, -0.05) is 54.6 Å². The Kier molecular flexibility index (Phi) is 3.49. The third-order valence-electron chi connectivity index (χ3n) is 4.10. The Morgan fingerprint density at radius 1 is 0.864 bits per heavy atom. The molecule has 0 atom stereocenters. The molecule has 1 aliphatic heterocycles. The number of nitrogens with zero attached hydrogens (tertiary/aromatic N) is 2. The van der Waals surface area contributed by atoms with Crippen LogP contribution in [-0.4, -0.2) is 31.3 Å². The van der Waals surface area contributed by atoms with Crippen LogP contribution in [0.5, 0.6) is 0 Å². The lowest BCUT2D eigenvalue weighted by Gasteiger charge is -2.29. The van der Waals surface area contributed by atoms with Gasteiger partial charge in [-0.05, 0) is 11.5 Å². The second kappa shape index (κ2) is 5.78. The third kappa shape index (κ3) is 2.44. The Balaban J connectivity index is 1.89. The van der Waals surface area contributed by atoms with Gasteiger partial charge in [0.25, 0.3) is 0 Å². The lowest BCUT2D eigenvalue weighted by molar-refractivity contribution is 0.122. The van der Waals surface area contributed by atoms with E-state index in [1.807, 2.05) is 6.07 Å². The minimum atomic E-state index is 0.769. The van der Waals surface area contributed by atoms with E-state index < -0.39 is 0 Å². The highest BCUT2D eigenvalue weighted by Gasteiger charge is 2.16. The second-order valence-corrected chi connectivity index (χ2v) is 5.52. The number of morpholine rings is 1. The van der Waals surface area contributed by atoms with E-state index in [9.17, 15) is 0 Å². The Labute approximate surface area is 130 Å². The zero-order chi connectivity index (χ0) is 14.8. The Morgan fingerprint density at radius 2 is 1.59 bits per heavy atom. The predicted molar refractivity (Wildman–Crippen MR) is 90.2 cm³/mol. The standard InChI is InChI=1S/C19H18N2O/c1-2-6-15(7-3-1)18-14-16-8-4-5-9-17(16)19(20-18)21-10-12-22-13-11-21/h1-9,14H,10-13H2. The summed E-state index contributed by atoms with van der Waals surface area (Å²) in [6.45, 7) is 3.33. The van der Waals surface area contributed by atoms with Gasteiger partial charge < -0.3 is 9.64 Å². The van der Waals surface area contributed by atoms with Gasteiger partial charge in [0.05, 0.1) is 18.9 Å². The molecule has 0 aliphatic carbocycles. The summed E-state index contributed by atoms with van der Waals surface area (Å²) < 4.78 is 5.48. The fraction of sp³-hybridized carbons (Fsp3) is 0.211. The monoisotopic (exact) mass is 290 g/mol. The summed E-state index contributed by atoms with van der Waals surface area (Å²) >= 11 is 0. The molecule has 0 unspecified atom stereocenters. The number of hydrogen-bond donors (Lipinski definition) is 0. The summed E-state index contributed by atoms with van der Waals surface area (Å²) in [6, 6.07) is 21.0. The minimum absolute atomic E-state index is 0.769. The van der Waals surface area contributed by atoms with Gasteiger partial charge >= 0.3 is 0 Å². The van der Waals surface area contributed by atoms with E-state index in [1.54, 1.807) is 0 Å². The molecule has 2 heterocycles. The van der Waals surface area contributed by atoms with Crippen LogP contribution in [0.4, 0.5) is 5.82 Å². The molecule has 2 aromatic carbocycles. The summed E-state index contributed by atoms with van der Waals surface area (Å²) in [4.78, 5) is 7.30. The van der Waals surface area contributed by atoms with Crippen LogP contribution in [0.1, 0.15) is 0 Å². The second-order valence-electron chi connectivity index (χ2n) is 5.52. The first-order valence-electron chi connectivity index (χ1n) is 7.70. The van der Waals surface area contributed by atoms with Crippen molar-refractivity contribution in [2.75, 3.05) is 31.2 Å². The molecule has 3 heteroatoms. The number of anilines is 1. The lowest BCUT2D eigenvalue weighted by Crippen LogP contribution is -2.36. The molecule has 3 aromatic rings. The topological polar surface area (TPSA) is 25.4 Å². The summed E-state index contributed by atoms with van der Waals surface area (Å²) in [5.41, 5.74) is 2.18. The van der Waals surface area contributed by atoms with Crippen LogP contribution in [0.2, 0.25) is 0 Å². The molecule has 1 aliphatic rings. The van der Waals surface area contributed by atoms with Crippen molar-refractivity contribution in [3.8, 4) is 11.3 Å². The van der Waals surface area contributed by atoms with Gasteiger partial charge in [0.2, 0.25) is 0 Å². The summed E-state index contributed by atoms with van der Waals surface area (Å²) in [7, 11) is 0. The van der Waals surface area contributed by atoms with Crippen LogP contribution < -0.4 is 4.90 Å². The highest BCUT2D eigenvalue weighted by atomic mass is 16.5. The minimum Gasteiger partial charge on any atom is -0.378 e. The van der Waals surface area contributed by atoms with Gasteiger partial charge in [0.1, 0.15) is 5.82 Å². The number of benzene rings is 2. The molecule has 4 rings (SSSR count). The summed E-state index contributed by atoms with van der Waals surface area (Å²) in [5, 5.41) is 2.45. The molecule has 0 spiro atoms. The van der Waals surface area contributed by atoms with E-state index in [-0.39, 0.29) is 0 Å². The molecule has 1 saturated heterocycles. The van der Waals surface area contributed by atoms with Crippen LogP contribution in [0.15, 0.2) is 60.7 Å². The maximum absolute atomic E-state index is 5.48. The van der Waals surface area contributed by atoms with Crippen LogP contribution in [0.3, 0.4) is 0 Å². The molecular weight excluding hydrogens is 272 g/mol. The number of fused-ring (bicyclic) bond motifs is 1. The third-order valence-corrected chi connectivity index (χ3v) is 4.10. The molecule has 110 valence electrons. The number of ether oxygens (including phenoxy) is 1. The molecule has 0 N–H and O–H groups in total. The molecule has 1 aromatic heterocycles. The number of rotatable bonds is 2. The van der Waals surface area contributed by atoms with Crippen LogP contribution in [0.25, 0.3) is 22.0 Å². The van der Waals surface area contributed by atoms with E-state index in [1.165, 1.54) is 10.8 Å². The van der Waals surface area contributed by atoms with Crippen molar-refractivity contribution in [2.24, 2.45) is 0 Å². The van der Waals surface area contributed by atoms with Crippen LogP contribution in [-0.2, 0) is 4.74 Å². The first-order chi connectivity index (χ1) is 10.9. The maximum Gasteiger partial charge on any atom is 0.137 e. The Hall–Kier alpha value is -2.39. The normalized spacial score (nSPS) is 15.2. The first kappa shape index (κ1) is 13.3. The van der Waals surface area contributed by atoms with E-state index >= 15 is 0 Å². The van der Waals surface area contributed by atoms with Crippen molar-refractivity contribution in [1.82, 2.24) is 4.98 Å². The van der Waals surface area contributed by atoms with Crippen molar-refractivity contribution >= 4 is 16.6 Å². The largest absolute Gasteiger partial charge is 0.378 e. The fourth-order valence-corrected chi connectivity index (χ4v) is 2.95. The van der Waals surface area contributed by atoms with Gasteiger partial charge in [-0.25, -0.2) is 4.98 Å². The molecule has 1 fully saturated rings. The van der Waals surface area contributed by atoms with Crippen molar-refractivity contribution in [1.29, 1.82) is 0 Å². The zero-order valence-corrected chi connectivity index (χ0v) is 12.4. The Bertz CT molecular complexity index is 780. The predicted octanol–water partition coefficient (Wildman–Crippen LogP) is 3.74. The van der Waals surface area contributed by atoms with Gasteiger partial charge in [0, 0.05) is 24.0 Å². The Morgan fingerprint density at radius 3 is 2.41 bits per heavy atom. The van der Waals surface area contributed by atoms with E-state index in [0.717, 1.165) is 43.4 Å².